The zero-order valence-electron chi connectivity index (χ0n) is 23.2. The van der Waals surface area contributed by atoms with Crippen molar-refractivity contribution in [2.45, 2.75) is 39.7 Å². The predicted molar refractivity (Wildman–Crippen MR) is 158 cm³/mol. The molecular formula is C33H28N4O5. The second-order valence-corrected chi connectivity index (χ2v) is 10.2. The Balaban J connectivity index is 1.35. The Kier molecular flexibility index (Phi) is 7.00. The molecule has 0 radical (unpaired) electrons. The number of imidazole rings is 1. The monoisotopic (exact) mass is 560 g/mol. The molecule has 2 amide bonds. The van der Waals surface area contributed by atoms with Crippen LogP contribution in [0.3, 0.4) is 0 Å². The van der Waals surface area contributed by atoms with Gasteiger partial charge in [0.15, 0.2) is 5.65 Å². The number of fused-ring (bicyclic) bond motifs is 2. The minimum absolute atomic E-state index is 0.272. The van der Waals surface area contributed by atoms with Crippen LogP contribution in [-0.2, 0) is 13.0 Å². The molecule has 0 spiro atoms. The Morgan fingerprint density at radius 1 is 0.881 bits per heavy atom. The summed E-state index contributed by atoms with van der Waals surface area (Å²) in [5, 5.41) is 9.09. The second-order valence-electron chi connectivity index (χ2n) is 10.2. The molecule has 0 saturated heterocycles. The fourth-order valence-electron chi connectivity index (χ4n) is 5.36. The molecule has 210 valence electrons. The number of aryl methyl sites for hydroxylation is 2. The van der Waals surface area contributed by atoms with Crippen LogP contribution in [0.4, 0.5) is 10.5 Å². The van der Waals surface area contributed by atoms with E-state index in [0.29, 0.717) is 45.8 Å². The number of hydrogen-bond acceptors (Lipinski definition) is 6. The van der Waals surface area contributed by atoms with Gasteiger partial charge in [0.2, 0.25) is 0 Å². The van der Waals surface area contributed by atoms with Crippen molar-refractivity contribution in [3.05, 3.63) is 107 Å². The van der Waals surface area contributed by atoms with Crippen LogP contribution < -0.4 is 9.64 Å². The van der Waals surface area contributed by atoms with E-state index in [2.05, 4.69) is 11.5 Å². The SMILES string of the molecule is CCCCc1nc2cc(N3C(=O)c4ccccc4C3=O)c(C)nc2n1Cc1ccc(-c2ccccc2OC(=O)O)cc1. The maximum Gasteiger partial charge on any atom is 0.511 e. The average molecular weight is 561 g/mol. The van der Waals surface area contributed by atoms with Gasteiger partial charge in [-0.3, -0.25) is 9.59 Å². The lowest BCUT2D eigenvalue weighted by Gasteiger charge is -2.16. The molecule has 6 rings (SSSR count). The molecule has 5 aromatic rings. The molecule has 9 nitrogen and oxygen atoms in total. The lowest BCUT2D eigenvalue weighted by atomic mass is 10.0. The largest absolute Gasteiger partial charge is 0.511 e. The Morgan fingerprint density at radius 2 is 1.52 bits per heavy atom. The van der Waals surface area contributed by atoms with Gasteiger partial charge in [0.1, 0.15) is 17.1 Å². The number of para-hydroxylation sites is 1. The molecule has 0 atom stereocenters. The summed E-state index contributed by atoms with van der Waals surface area (Å²) in [6.45, 7) is 4.44. The summed E-state index contributed by atoms with van der Waals surface area (Å²) in [5.41, 5.74) is 5.60. The number of hydrogen-bond donors (Lipinski definition) is 1. The molecule has 9 heteroatoms. The number of ether oxygens (including phenoxy) is 1. The summed E-state index contributed by atoms with van der Waals surface area (Å²) < 4.78 is 7.04. The summed E-state index contributed by atoms with van der Waals surface area (Å²) >= 11 is 0. The van der Waals surface area contributed by atoms with Gasteiger partial charge in [-0.1, -0.05) is 67.9 Å². The molecule has 1 N–H and O–H groups in total. The molecule has 1 aliphatic heterocycles. The van der Waals surface area contributed by atoms with Gasteiger partial charge in [-0.2, -0.15) is 0 Å². The fraction of sp³-hybridized carbons (Fsp3) is 0.182. The van der Waals surface area contributed by atoms with Gasteiger partial charge < -0.3 is 14.4 Å². The smallest absolute Gasteiger partial charge is 0.449 e. The molecule has 0 bridgehead atoms. The zero-order chi connectivity index (χ0) is 29.4. The van der Waals surface area contributed by atoms with Gasteiger partial charge in [0.05, 0.1) is 29.1 Å². The Labute approximate surface area is 242 Å². The van der Waals surface area contributed by atoms with Crippen molar-refractivity contribution < 1.29 is 24.2 Å². The quantitative estimate of drug-likeness (QED) is 0.128. The minimum atomic E-state index is -1.36. The van der Waals surface area contributed by atoms with Gasteiger partial charge in [0.25, 0.3) is 11.8 Å². The minimum Gasteiger partial charge on any atom is -0.449 e. The maximum absolute atomic E-state index is 13.2. The third kappa shape index (κ3) is 4.79. The van der Waals surface area contributed by atoms with Crippen molar-refractivity contribution in [3.63, 3.8) is 0 Å². The summed E-state index contributed by atoms with van der Waals surface area (Å²) in [4.78, 5) is 48.4. The molecular weight excluding hydrogens is 532 g/mol. The number of carbonyl (C=O) groups is 3. The van der Waals surface area contributed by atoms with E-state index in [1.807, 2.05) is 36.4 Å². The highest BCUT2D eigenvalue weighted by molar-refractivity contribution is 6.34. The third-order valence-electron chi connectivity index (χ3n) is 7.44. The fourth-order valence-corrected chi connectivity index (χ4v) is 5.36. The standard InChI is InChI=1S/C33H28N4O5/c1-3-4-13-29-35-26-18-27(37-31(38)24-10-5-6-11-25(24)32(37)39)20(2)34-30(26)36(29)19-21-14-16-22(17-15-21)23-9-7-8-12-28(23)42-33(40)41/h5-12,14-18H,3-4,13,19H2,1-2H3,(H,40,41). The highest BCUT2D eigenvalue weighted by atomic mass is 16.7. The lowest BCUT2D eigenvalue weighted by molar-refractivity contribution is 0.0925. The van der Waals surface area contributed by atoms with Crippen LogP contribution in [-0.4, -0.2) is 37.6 Å². The number of carbonyl (C=O) groups excluding carboxylic acids is 2. The lowest BCUT2D eigenvalue weighted by Crippen LogP contribution is -2.30. The third-order valence-corrected chi connectivity index (χ3v) is 7.44. The van der Waals surface area contributed by atoms with Crippen molar-refractivity contribution in [2.75, 3.05) is 4.90 Å². The van der Waals surface area contributed by atoms with E-state index in [4.69, 9.17) is 19.8 Å². The molecule has 3 aromatic carbocycles. The predicted octanol–water partition coefficient (Wildman–Crippen LogP) is 6.66. The average Bonchev–Trinajstić information content (AvgIpc) is 3.44. The van der Waals surface area contributed by atoms with E-state index in [9.17, 15) is 14.4 Å². The van der Waals surface area contributed by atoms with Crippen molar-refractivity contribution in [1.29, 1.82) is 0 Å². The first-order valence-corrected chi connectivity index (χ1v) is 13.8. The van der Waals surface area contributed by atoms with Crippen LogP contribution in [0.15, 0.2) is 78.9 Å². The van der Waals surface area contributed by atoms with Crippen LogP contribution in [0.1, 0.15) is 57.6 Å². The van der Waals surface area contributed by atoms with Crippen LogP contribution in [0.25, 0.3) is 22.3 Å². The van der Waals surface area contributed by atoms with E-state index in [-0.39, 0.29) is 17.6 Å². The summed E-state index contributed by atoms with van der Waals surface area (Å²) in [6.07, 6.45) is 1.35. The normalized spacial score (nSPS) is 12.7. The summed E-state index contributed by atoms with van der Waals surface area (Å²) in [7, 11) is 0. The number of anilines is 1. The van der Waals surface area contributed by atoms with Gasteiger partial charge in [-0.25, -0.2) is 19.7 Å². The molecule has 0 saturated carbocycles. The highest BCUT2D eigenvalue weighted by Crippen LogP contribution is 2.33. The first-order valence-electron chi connectivity index (χ1n) is 13.8. The molecule has 42 heavy (non-hydrogen) atoms. The maximum atomic E-state index is 13.2. The van der Waals surface area contributed by atoms with Crippen LogP contribution >= 0.6 is 0 Å². The van der Waals surface area contributed by atoms with E-state index < -0.39 is 6.16 Å². The van der Waals surface area contributed by atoms with Crippen molar-refractivity contribution >= 4 is 34.8 Å². The number of carboxylic acid groups (broad SMARTS) is 1. The molecule has 1 aliphatic rings. The summed E-state index contributed by atoms with van der Waals surface area (Å²) in [6, 6.07) is 23.5. The molecule has 0 aliphatic carbocycles. The van der Waals surface area contributed by atoms with Crippen molar-refractivity contribution in [2.24, 2.45) is 0 Å². The number of unbranched alkanes of at least 4 members (excludes halogenated alkanes) is 1. The van der Waals surface area contributed by atoms with Gasteiger partial charge >= 0.3 is 6.16 Å². The van der Waals surface area contributed by atoms with E-state index in [0.717, 1.165) is 36.2 Å². The topological polar surface area (TPSA) is 115 Å². The first-order chi connectivity index (χ1) is 20.4. The Hall–Kier alpha value is -5.31. The van der Waals surface area contributed by atoms with Crippen LogP contribution in [0.5, 0.6) is 5.75 Å². The van der Waals surface area contributed by atoms with Gasteiger partial charge in [-0.05, 0) is 48.7 Å². The number of nitrogens with zero attached hydrogens (tertiary/aromatic N) is 4. The Bertz CT molecular complexity index is 1820. The number of aromatic nitrogens is 3. The van der Waals surface area contributed by atoms with Crippen molar-refractivity contribution in [1.82, 2.24) is 14.5 Å². The number of pyridine rings is 1. The Morgan fingerprint density at radius 3 is 2.17 bits per heavy atom. The van der Waals surface area contributed by atoms with Gasteiger partial charge in [0, 0.05) is 12.0 Å². The highest BCUT2D eigenvalue weighted by Gasteiger charge is 2.37. The number of imide groups is 1. The van der Waals surface area contributed by atoms with Crippen LogP contribution in [0.2, 0.25) is 0 Å². The number of benzene rings is 3. The zero-order valence-corrected chi connectivity index (χ0v) is 23.2. The van der Waals surface area contributed by atoms with E-state index in [1.165, 1.54) is 4.90 Å². The number of rotatable bonds is 8. The number of amides is 2. The van der Waals surface area contributed by atoms with Crippen LogP contribution in [0, 0.1) is 6.92 Å². The molecule has 0 fully saturated rings. The molecule has 2 aromatic heterocycles. The van der Waals surface area contributed by atoms with E-state index >= 15 is 0 Å². The summed E-state index contributed by atoms with van der Waals surface area (Å²) in [5.74, 6) is 0.429. The van der Waals surface area contributed by atoms with Gasteiger partial charge in [-0.15, -0.1) is 0 Å². The first kappa shape index (κ1) is 26.9. The molecule has 0 unspecified atom stereocenters. The van der Waals surface area contributed by atoms with E-state index in [1.54, 1.807) is 49.4 Å². The molecule has 3 heterocycles. The van der Waals surface area contributed by atoms with Crippen molar-refractivity contribution in [3.8, 4) is 16.9 Å². The second kappa shape index (κ2) is 10.9.